The summed E-state index contributed by atoms with van der Waals surface area (Å²) in [5, 5.41) is 9.89. The Labute approximate surface area is 119 Å². The number of nitrogens with zero attached hydrogens (tertiary/aromatic N) is 3. The molecular weight excluding hydrogens is 250 g/mol. The Morgan fingerprint density at radius 1 is 1.10 bits per heavy atom. The number of rotatable bonds is 1. The lowest BCUT2D eigenvalue weighted by Crippen LogP contribution is -2.32. The number of benzene rings is 1. The molecule has 1 aliphatic rings. The Hall–Kier alpha value is -2.10. The van der Waals surface area contributed by atoms with Crippen molar-refractivity contribution in [3.63, 3.8) is 0 Å². The van der Waals surface area contributed by atoms with Gasteiger partial charge in [0.15, 0.2) is 0 Å². The standard InChI is InChI=1S/C16H19N3O/c1-10-11(2)17-16(18-12(10)3)19-8-7-14-13(9-19)5-4-6-15(14)20/h4-6,20H,7-9H2,1-3H3. The molecule has 4 nitrogen and oxygen atoms in total. The molecule has 0 saturated carbocycles. The summed E-state index contributed by atoms with van der Waals surface area (Å²) in [6.07, 6.45) is 0.831. The molecule has 4 heteroatoms. The Morgan fingerprint density at radius 3 is 2.50 bits per heavy atom. The summed E-state index contributed by atoms with van der Waals surface area (Å²) in [5.41, 5.74) is 5.45. The second-order valence-electron chi connectivity index (χ2n) is 5.41. The van der Waals surface area contributed by atoms with Crippen LogP contribution in [0, 0.1) is 20.8 Å². The lowest BCUT2D eigenvalue weighted by molar-refractivity contribution is 0.464. The fraction of sp³-hybridized carbons (Fsp3) is 0.375. The zero-order chi connectivity index (χ0) is 14.3. The van der Waals surface area contributed by atoms with Crippen molar-refractivity contribution in [2.24, 2.45) is 0 Å². The first-order chi connectivity index (χ1) is 9.56. The van der Waals surface area contributed by atoms with Crippen LogP contribution in [0.2, 0.25) is 0 Å². The summed E-state index contributed by atoms with van der Waals surface area (Å²) >= 11 is 0. The molecule has 1 N–H and O–H groups in total. The number of aryl methyl sites for hydroxylation is 2. The minimum atomic E-state index is 0.402. The number of fused-ring (bicyclic) bond motifs is 1. The highest BCUT2D eigenvalue weighted by molar-refractivity contribution is 5.46. The molecule has 0 aliphatic carbocycles. The first kappa shape index (κ1) is 12.9. The zero-order valence-electron chi connectivity index (χ0n) is 12.1. The average molecular weight is 269 g/mol. The fourth-order valence-electron chi connectivity index (χ4n) is 2.66. The lowest BCUT2D eigenvalue weighted by atomic mass is 9.99. The van der Waals surface area contributed by atoms with Crippen LogP contribution in [0.4, 0.5) is 5.95 Å². The van der Waals surface area contributed by atoms with Crippen LogP contribution >= 0.6 is 0 Å². The van der Waals surface area contributed by atoms with Crippen LogP contribution in [-0.4, -0.2) is 21.6 Å². The van der Waals surface area contributed by atoms with Gasteiger partial charge >= 0.3 is 0 Å². The molecule has 0 atom stereocenters. The van der Waals surface area contributed by atoms with Gasteiger partial charge in [0.1, 0.15) is 5.75 Å². The molecular formula is C16H19N3O. The Bertz CT molecular complexity index is 644. The van der Waals surface area contributed by atoms with Crippen LogP contribution < -0.4 is 4.90 Å². The summed E-state index contributed by atoms with van der Waals surface area (Å²) in [4.78, 5) is 11.4. The second kappa shape index (κ2) is 4.78. The van der Waals surface area contributed by atoms with Crippen molar-refractivity contribution in [3.8, 4) is 5.75 Å². The Kier molecular flexibility index (Phi) is 3.08. The van der Waals surface area contributed by atoms with E-state index in [-0.39, 0.29) is 0 Å². The number of hydrogen-bond donors (Lipinski definition) is 1. The van der Waals surface area contributed by atoms with Crippen LogP contribution in [0.1, 0.15) is 28.1 Å². The molecule has 1 aliphatic heterocycles. The van der Waals surface area contributed by atoms with Crippen LogP contribution in [0.15, 0.2) is 18.2 Å². The van der Waals surface area contributed by atoms with Crippen LogP contribution in [0.3, 0.4) is 0 Å². The number of aromatic hydroxyl groups is 1. The maximum atomic E-state index is 9.89. The predicted octanol–water partition coefficient (Wildman–Crippen LogP) is 2.67. The molecule has 0 radical (unpaired) electrons. The third-order valence-electron chi connectivity index (χ3n) is 4.14. The number of phenols is 1. The monoisotopic (exact) mass is 269 g/mol. The van der Waals surface area contributed by atoms with Crippen molar-refractivity contribution >= 4 is 5.95 Å². The first-order valence-electron chi connectivity index (χ1n) is 6.93. The van der Waals surface area contributed by atoms with E-state index >= 15 is 0 Å². The number of anilines is 1. The molecule has 2 heterocycles. The van der Waals surface area contributed by atoms with Gasteiger partial charge in [-0.3, -0.25) is 0 Å². The van der Waals surface area contributed by atoms with E-state index in [4.69, 9.17) is 0 Å². The van der Waals surface area contributed by atoms with E-state index in [1.165, 1.54) is 0 Å². The maximum Gasteiger partial charge on any atom is 0.226 e. The van der Waals surface area contributed by atoms with Crippen LogP contribution in [0.25, 0.3) is 0 Å². The highest BCUT2D eigenvalue weighted by atomic mass is 16.3. The molecule has 0 saturated heterocycles. The number of hydrogen-bond acceptors (Lipinski definition) is 4. The molecule has 0 spiro atoms. The van der Waals surface area contributed by atoms with Crippen LogP contribution in [-0.2, 0) is 13.0 Å². The van der Waals surface area contributed by atoms with Gasteiger partial charge in [0.05, 0.1) is 0 Å². The third-order valence-corrected chi connectivity index (χ3v) is 4.14. The molecule has 0 fully saturated rings. The van der Waals surface area contributed by atoms with Crippen molar-refractivity contribution < 1.29 is 5.11 Å². The molecule has 1 aromatic carbocycles. The molecule has 20 heavy (non-hydrogen) atoms. The van der Waals surface area contributed by atoms with Crippen molar-refractivity contribution in [2.75, 3.05) is 11.4 Å². The third kappa shape index (κ3) is 2.11. The quantitative estimate of drug-likeness (QED) is 0.864. The predicted molar refractivity (Wildman–Crippen MR) is 79.1 cm³/mol. The van der Waals surface area contributed by atoms with E-state index in [1.807, 2.05) is 19.9 Å². The van der Waals surface area contributed by atoms with Crippen molar-refractivity contribution in [1.29, 1.82) is 0 Å². The SMILES string of the molecule is Cc1nc(N2CCc3c(O)cccc3C2)nc(C)c1C. The normalized spacial score (nSPS) is 14.2. The van der Waals surface area contributed by atoms with E-state index in [2.05, 4.69) is 27.9 Å². The minimum Gasteiger partial charge on any atom is -0.508 e. The summed E-state index contributed by atoms with van der Waals surface area (Å²) in [6.45, 7) is 7.70. The van der Waals surface area contributed by atoms with Gasteiger partial charge in [0.25, 0.3) is 0 Å². The van der Waals surface area contributed by atoms with Gasteiger partial charge in [-0.05, 0) is 44.4 Å². The van der Waals surface area contributed by atoms with E-state index in [0.717, 1.165) is 53.5 Å². The fourth-order valence-corrected chi connectivity index (χ4v) is 2.66. The molecule has 1 aromatic heterocycles. The lowest BCUT2D eigenvalue weighted by Gasteiger charge is -2.29. The van der Waals surface area contributed by atoms with E-state index < -0.39 is 0 Å². The number of aromatic nitrogens is 2. The maximum absolute atomic E-state index is 9.89. The first-order valence-corrected chi connectivity index (χ1v) is 6.93. The van der Waals surface area contributed by atoms with Gasteiger partial charge in [0.2, 0.25) is 5.95 Å². The molecule has 3 rings (SSSR count). The van der Waals surface area contributed by atoms with Crippen molar-refractivity contribution in [1.82, 2.24) is 9.97 Å². The largest absolute Gasteiger partial charge is 0.508 e. The Balaban J connectivity index is 1.94. The van der Waals surface area contributed by atoms with E-state index in [0.29, 0.717) is 5.75 Å². The highest BCUT2D eigenvalue weighted by Crippen LogP contribution is 2.28. The topological polar surface area (TPSA) is 49.2 Å². The molecule has 104 valence electrons. The molecule has 0 amide bonds. The van der Waals surface area contributed by atoms with Crippen molar-refractivity contribution in [2.45, 2.75) is 33.7 Å². The summed E-state index contributed by atoms with van der Waals surface area (Å²) in [5.74, 6) is 1.19. The minimum absolute atomic E-state index is 0.402. The van der Waals surface area contributed by atoms with Gasteiger partial charge in [-0.25, -0.2) is 9.97 Å². The summed E-state index contributed by atoms with van der Waals surface area (Å²) in [7, 11) is 0. The summed E-state index contributed by atoms with van der Waals surface area (Å²) < 4.78 is 0. The molecule has 0 bridgehead atoms. The smallest absolute Gasteiger partial charge is 0.226 e. The van der Waals surface area contributed by atoms with Gasteiger partial charge in [-0.1, -0.05) is 12.1 Å². The van der Waals surface area contributed by atoms with E-state index in [9.17, 15) is 5.11 Å². The Morgan fingerprint density at radius 2 is 1.80 bits per heavy atom. The van der Waals surface area contributed by atoms with Crippen molar-refractivity contribution in [3.05, 3.63) is 46.3 Å². The average Bonchev–Trinajstić information content (AvgIpc) is 2.44. The van der Waals surface area contributed by atoms with Gasteiger partial charge < -0.3 is 10.0 Å². The van der Waals surface area contributed by atoms with Crippen LogP contribution in [0.5, 0.6) is 5.75 Å². The van der Waals surface area contributed by atoms with Gasteiger partial charge in [-0.2, -0.15) is 0 Å². The summed E-state index contributed by atoms with van der Waals surface area (Å²) in [6, 6.07) is 5.71. The molecule has 2 aromatic rings. The van der Waals surface area contributed by atoms with E-state index in [1.54, 1.807) is 6.07 Å². The number of phenolic OH excluding ortho intramolecular Hbond substituents is 1. The second-order valence-corrected chi connectivity index (χ2v) is 5.41. The van der Waals surface area contributed by atoms with Gasteiger partial charge in [0, 0.05) is 30.0 Å². The molecule has 0 unspecified atom stereocenters. The van der Waals surface area contributed by atoms with Gasteiger partial charge in [-0.15, -0.1) is 0 Å². The zero-order valence-corrected chi connectivity index (χ0v) is 12.1. The highest BCUT2D eigenvalue weighted by Gasteiger charge is 2.21.